The molecule has 5 heavy (non-hydrogen) atoms. The van der Waals surface area contributed by atoms with Crippen LogP contribution in [0.5, 0.6) is 0 Å². The molecule has 0 fully saturated rings. The molecule has 0 saturated heterocycles. The van der Waals surface area contributed by atoms with Crippen LogP contribution in [-0.2, 0) is 81.3 Å². The Morgan fingerprint density at radius 2 is 0.400 bits per heavy atom. The van der Waals surface area contributed by atoms with Crippen molar-refractivity contribution < 1.29 is 40.8 Å². The fourth-order valence-electron chi connectivity index (χ4n) is 0. The zero-order chi connectivity index (χ0) is 0. The summed E-state index contributed by atoms with van der Waals surface area (Å²) >= 11 is 0. The molecule has 0 unspecified atom stereocenters. The Bertz CT molecular complexity index is 4.85. The first-order valence-corrected chi connectivity index (χ1v) is 0. The standard InChI is InChI=1S/2Pd.3S/q;;3*-2. The normalized spacial score (nSPS) is 0. The zero-order valence-electron chi connectivity index (χ0n) is 1.86. The molecular formula is Pd2S3-6. The molecule has 0 bridgehead atoms. The van der Waals surface area contributed by atoms with Gasteiger partial charge in [-0.2, -0.15) is 0 Å². The first kappa shape index (κ1) is 53.1. The second-order valence-corrected chi connectivity index (χ2v) is 0. The van der Waals surface area contributed by atoms with Gasteiger partial charge in [-0.3, -0.25) is 0 Å². The van der Waals surface area contributed by atoms with Crippen LogP contribution in [0.2, 0.25) is 0 Å². The van der Waals surface area contributed by atoms with Crippen molar-refractivity contribution in [2.24, 2.45) is 0 Å². The second-order valence-electron chi connectivity index (χ2n) is 0. The predicted octanol–water partition coefficient (Wildman–Crippen LogP) is -0.0122. The average Bonchev–Trinajstić information content (AvgIpc) is 0. The number of hydrogen-bond acceptors (Lipinski definition) is 0. The molecule has 0 aliphatic heterocycles. The van der Waals surface area contributed by atoms with E-state index in [1.165, 1.54) is 0 Å². The van der Waals surface area contributed by atoms with Crippen LogP contribution in [0.3, 0.4) is 0 Å². The molecule has 0 aromatic carbocycles. The van der Waals surface area contributed by atoms with Gasteiger partial charge in [-0.15, -0.1) is 0 Å². The Kier molecular flexibility index (Phi) is 347. The number of rotatable bonds is 0. The van der Waals surface area contributed by atoms with E-state index in [1.54, 1.807) is 0 Å². The van der Waals surface area contributed by atoms with Gasteiger partial charge in [-0.05, 0) is 0 Å². The van der Waals surface area contributed by atoms with Crippen molar-refractivity contribution in [3.63, 3.8) is 0 Å². The summed E-state index contributed by atoms with van der Waals surface area (Å²) in [6.45, 7) is 0. The SMILES string of the molecule is [Pd].[Pd].[S-2].[S-2].[S-2]. The summed E-state index contributed by atoms with van der Waals surface area (Å²) < 4.78 is 0. The van der Waals surface area contributed by atoms with Crippen molar-refractivity contribution in [2.45, 2.75) is 0 Å². The summed E-state index contributed by atoms with van der Waals surface area (Å²) in [5.41, 5.74) is 0. The van der Waals surface area contributed by atoms with E-state index in [0.29, 0.717) is 0 Å². The Balaban J connectivity index is 0. The van der Waals surface area contributed by atoms with Crippen LogP contribution in [0.25, 0.3) is 0 Å². The molecule has 0 nitrogen and oxygen atoms in total. The molecule has 0 atom stereocenters. The summed E-state index contributed by atoms with van der Waals surface area (Å²) in [6, 6.07) is 0. The maximum absolute atomic E-state index is 0. The van der Waals surface area contributed by atoms with E-state index < -0.39 is 0 Å². The Labute approximate surface area is 80.5 Å². The fourth-order valence-corrected chi connectivity index (χ4v) is 0. The topological polar surface area (TPSA) is 0 Å². The van der Waals surface area contributed by atoms with E-state index in [2.05, 4.69) is 0 Å². The minimum absolute atomic E-state index is 0. The van der Waals surface area contributed by atoms with Crippen LogP contribution in [0.1, 0.15) is 0 Å². The van der Waals surface area contributed by atoms with Gasteiger partial charge < -0.3 is 40.5 Å². The molecule has 0 saturated carbocycles. The minimum atomic E-state index is 0. The van der Waals surface area contributed by atoms with Crippen LogP contribution < -0.4 is 0 Å². The van der Waals surface area contributed by atoms with Gasteiger partial charge >= 0.3 is 0 Å². The summed E-state index contributed by atoms with van der Waals surface area (Å²) in [7, 11) is 0. The molecular weight excluding hydrogens is 309 g/mol. The predicted molar refractivity (Wildman–Crippen MR) is 22.1 cm³/mol. The Hall–Kier alpha value is 2.37. The summed E-state index contributed by atoms with van der Waals surface area (Å²) in [5, 5.41) is 0. The zero-order valence-corrected chi connectivity index (χ0v) is 7.42. The largest absolute Gasteiger partial charge is 2.00 e. The second kappa shape index (κ2) is 32.7. The molecule has 44 valence electrons. The van der Waals surface area contributed by atoms with E-state index in [4.69, 9.17) is 0 Å². The summed E-state index contributed by atoms with van der Waals surface area (Å²) in [5.74, 6) is 0. The van der Waals surface area contributed by atoms with E-state index in [-0.39, 0.29) is 81.3 Å². The van der Waals surface area contributed by atoms with Gasteiger partial charge in [-0.1, -0.05) is 0 Å². The maximum Gasteiger partial charge on any atom is 0 e. The molecule has 5 heteroatoms. The van der Waals surface area contributed by atoms with Crippen LogP contribution in [0, 0.1) is 0 Å². The van der Waals surface area contributed by atoms with Crippen LogP contribution in [0.4, 0.5) is 0 Å². The molecule has 0 aliphatic carbocycles. The van der Waals surface area contributed by atoms with Gasteiger partial charge in [0.15, 0.2) is 0 Å². The summed E-state index contributed by atoms with van der Waals surface area (Å²) in [4.78, 5) is 0. The van der Waals surface area contributed by atoms with Crippen molar-refractivity contribution >= 4 is 40.5 Å². The number of hydrogen-bond donors (Lipinski definition) is 0. The van der Waals surface area contributed by atoms with Crippen molar-refractivity contribution in [3.8, 4) is 0 Å². The monoisotopic (exact) mass is 308 g/mol. The summed E-state index contributed by atoms with van der Waals surface area (Å²) in [6.07, 6.45) is 0. The first-order chi connectivity index (χ1) is 0. The molecule has 0 rings (SSSR count). The molecule has 0 aliphatic rings. The molecule has 0 radical (unpaired) electrons. The third-order valence-electron chi connectivity index (χ3n) is 0. The molecule has 0 spiro atoms. The molecule has 0 N–H and O–H groups in total. The molecule has 0 amide bonds. The quantitative estimate of drug-likeness (QED) is 0.552. The Morgan fingerprint density at radius 1 is 0.400 bits per heavy atom. The van der Waals surface area contributed by atoms with Gasteiger partial charge in [0.2, 0.25) is 0 Å². The molecule has 0 aromatic heterocycles. The third kappa shape index (κ3) is 21.6. The molecule has 0 aromatic rings. The first-order valence-electron chi connectivity index (χ1n) is 0. The van der Waals surface area contributed by atoms with Crippen molar-refractivity contribution in [1.82, 2.24) is 0 Å². The van der Waals surface area contributed by atoms with Gasteiger partial charge in [-0.25, -0.2) is 0 Å². The average molecular weight is 309 g/mol. The van der Waals surface area contributed by atoms with Crippen molar-refractivity contribution in [2.75, 3.05) is 0 Å². The van der Waals surface area contributed by atoms with Gasteiger partial charge in [0, 0.05) is 40.8 Å². The van der Waals surface area contributed by atoms with Crippen LogP contribution in [-0.4, -0.2) is 0 Å². The van der Waals surface area contributed by atoms with Gasteiger partial charge in [0.05, 0.1) is 0 Å². The van der Waals surface area contributed by atoms with E-state index in [9.17, 15) is 0 Å². The van der Waals surface area contributed by atoms with Gasteiger partial charge in [0.1, 0.15) is 0 Å². The molecule has 0 heterocycles. The van der Waals surface area contributed by atoms with E-state index in [0.717, 1.165) is 0 Å². The Morgan fingerprint density at radius 3 is 0.400 bits per heavy atom. The fraction of sp³-hybridized carbons (Fsp3) is 0. The van der Waals surface area contributed by atoms with E-state index >= 15 is 0 Å². The third-order valence-corrected chi connectivity index (χ3v) is 0. The van der Waals surface area contributed by atoms with E-state index in [1.807, 2.05) is 0 Å². The van der Waals surface area contributed by atoms with Crippen LogP contribution >= 0.6 is 0 Å². The smallest absolute Gasteiger partial charge is 0 e. The van der Waals surface area contributed by atoms with Crippen molar-refractivity contribution in [1.29, 1.82) is 0 Å². The van der Waals surface area contributed by atoms with Crippen molar-refractivity contribution in [3.05, 3.63) is 0 Å². The van der Waals surface area contributed by atoms with Gasteiger partial charge in [0.25, 0.3) is 0 Å². The maximum atomic E-state index is 0. The minimum Gasteiger partial charge on any atom is -2.00 e. The van der Waals surface area contributed by atoms with Crippen LogP contribution in [0.15, 0.2) is 0 Å².